The predicted molar refractivity (Wildman–Crippen MR) is 57.5 cm³/mol. The minimum Gasteiger partial charge on any atom is -0.373 e. The van der Waals surface area contributed by atoms with E-state index in [1.54, 1.807) is 11.3 Å². The highest BCUT2D eigenvalue weighted by Crippen LogP contribution is 2.39. The van der Waals surface area contributed by atoms with Crippen LogP contribution in [0.15, 0.2) is 11.6 Å². The summed E-state index contributed by atoms with van der Waals surface area (Å²) in [5.74, 6) is 0. The zero-order chi connectivity index (χ0) is 10.2. The molecule has 1 aromatic rings. The summed E-state index contributed by atoms with van der Waals surface area (Å²) in [4.78, 5) is 4.38. The topological polar surface area (TPSA) is 34.2 Å². The zero-order valence-corrected chi connectivity index (χ0v) is 9.65. The lowest BCUT2D eigenvalue weighted by atomic mass is 9.91. The van der Waals surface area contributed by atoms with E-state index in [0.717, 1.165) is 11.4 Å². The second-order valence-electron chi connectivity index (χ2n) is 4.39. The van der Waals surface area contributed by atoms with Gasteiger partial charge in [-0.2, -0.15) is 0 Å². The highest BCUT2D eigenvalue weighted by atomic mass is 32.1. The van der Waals surface area contributed by atoms with Gasteiger partial charge >= 0.3 is 0 Å². The quantitative estimate of drug-likeness (QED) is 0.811. The maximum absolute atomic E-state index is 5.78. The van der Waals surface area contributed by atoms with Gasteiger partial charge in [-0.05, 0) is 20.9 Å². The van der Waals surface area contributed by atoms with Crippen LogP contribution >= 0.6 is 11.3 Å². The molecule has 3 nitrogen and oxygen atoms in total. The Hall–Kier alpha value is -0.450. The summed E-state index contributed by atoms with van der Waals surface area (Å²) in [5.41, 5.74) is -0.119. The highest BCUT2D eigenvalue weighted by molar-refractivity contribution is 7.09. The van der Waals surface area contributed by atoms with Crippen LogP contribution in [0, 0.1) is 0 Å². The summed E-state index contributed by atoms with van der Waals surface area (Å²) in [6, 6.07) is 0. The van der Waals surface area contributed by atoms with Crippen LogP contribution in [-0.4, -0.2) is 24.2 Å². The molecule has 1 aromatic heterocycles. The maximum Gasteiger partial charge on any atom is 0.115 e. The average Bonchev–Trinajstić information content (AvgIpc) is 2.72. The second kappa shape index (κ2) is 3.29. The summed E-state index contributed by atoms with van der Waals surface area (Å²) in [6.07, 6.45) is 2.83. The van der Waals surface area contributed by atoms with E-state index < -0.39 is 0 Å². The van der Waals surface area contributed by atoms with Gasteiger partial charge in [0.25, 0.3) is 0 Å². The third-order valence-electron chi connectivity index (χ3n) is 2.76. The highest BCUT2D eigenvalue weighted by Gasteiger charge is 2.46. The summed E-state index contributed by atoms with van der Waals surface area (Å²) < 4.78 is 5.78. The summed E-state index contributed by atoms with van der Waals surface area (Å²) in [6.45, 7) is 4.96. The number of nitrogens with zero attached hydrogens (tertiary/aromatic N) is 1. The molecule has 0 aromatic carbocycles. The van der Waals surface area contributed by atoms with Crippen molar-refractivity contribution in [3.8, 4) is 0 Å². The first-order chi connectivity index (χ1) is 6.58. The van der Waals surface area contributed by atoms with Gasteiger partial charge in [0, 0.05) is 18.0 Å². The molecular weight excluding hydrogens is 196 g/mol. The number of aromatic nitrogens is 1. The van der Waals surface area contributed by atoms with Gasteiger partial charge < -0.3 is 10.1 Å². The molecular formula is C10H16N2OS. The number of nitrogens with one attached hydrogen (secondary N) is 1. The van der Waals surface area contributed by atoms with E-state index >= 15 is 0 Å². The Morgan fingerprint density at radius 1 is 1.57 bits per heavy atom. The molecule has 1 unspecified atom stereocenters. The van der Waals surface area contributed by atoms with Gasteiger partial charge in [-0.3, -0.25) is 0 Å². The minimum atomic E-state index is -0.0718. The number of likely N-dealkylation sites (N-methyl/N-ethyl adjacent to an activating group) is 1. The third kappa shape index (κ3) is 1.58. The largest absolute Gasteiger partial charge is 0.373 e. The van der Waals surface area contributed by atoms with E-state index in [1.807, 2.05) is 18.6 Å². The number of ether oxygens (including phenoxy) is 1. The fraction of sp³-hybridized carbons (Fsp3) is 0.700. The average molecular weight is 212 g/mol. The Morgan fingerprint density at radius 2 is 2.36 bits per heavy atom. The number of hydrogen-bond donors (Lipinski definition) is 1. The van der Waals surface area contributed by atoms with Gasteiger partial charge in [0.05, 0.1) is 17.7 Å². The molecule has 0 radical (unpaired) electrons. The Balaban J connectivity index is 2.29. The molecule has 1 N–H and O–H groups in total. The van der Waals surface area contributed by atoms with Crippen LogP contribution in [0.4, 0.5) is 0 Å². The first kappa shape index (κ1) is 10.1. The van der Waals surface area contributed by atoms with E-state index in [9.17, 15) is 0 Å². The van der Waals surface area contributed by atoms with Gasteiger partial charge in [-0.25, -0.2) is 4.98 Å². The van der Waals surface area contributed by atoms with Crippen molar-refractivity contribution in [2.24, 2.45) is 0 Å². The maximum atomic E-state index is 5.78. The van der Waals surface area contributed by atoms with Crippen molar-refractivity contribution < 1.29 is 4.74 Å². The van der Waals surface area contributed by atoms with Gasteiger partial charge in [0.15, 0.2) is 0 Å². The SMILES string of the molecule is CNC1(c2nccs2)COC(C)(C)C1. The lowest BCUT2D eigenvalue weighted by Gasteiger charge is -2.25. The van der Waals surface area contributed by atoms with Crippen molar-refractivity contribution >= 4 is 11.3 Å². The van der Waals surface area contributed by atoms with E-state index in [2.05, 4.69) is 24.1 Å². The van der Waals surface area contributed by atoms with Gasteiger partial charge in [0.1, 0.15) is 5.01 Å². The predicted octanol–water partition coefficient (Wildman–Crippen LogP) is 1.76. The summed E-state index contributed by atoms with van der Waals surface area (Å²) in [5, 5.41) is 6.50. The van der Waals surface area contributed by atoms with Crippen LogP contribution in [0.1, 0.15) is 25.3 Å². The molecule has 78 valence electrons. The van der Waals surface area contributed by atoms with E-state index in [1.165, 1.54) is 0 Å². The smallest absolute Gasteiger partial charge is 0.115 e. The van der Waals surface area contributed by atoms with Crippen molar-refractivity contribution in [1.82, 2.24) is 10.3 Å². The van der Waals surface area contributed by atoms with Crippen LogP contribution < -0.4 is 5.32 Å². The molecule has 2 rings (SSSR count). The van der Waals surface area contributed by atoms with Gasteiger partial charge in [-0.15, -0.1) is 11.3 Å². The molecule has 1 atom stereocenters. The molecule has 0 spiro atoms. The van der Waals surface area contributed by atoms with Crippen molar-refractivity contribution in [2.75, 3.05) is 13.7 Å². The van der Waals surface area contributed by atoms with Gasteiger partial charge in [-0.1, -0.05) is 0 Å². The fourth-order valence-corrected chi connectivity index (χ4v) is 2.84. The Kier molecular flexibility index (Phi) is 2.37. The van der Waals surface area contributed by atoms with Crippen molar-refractivity contribution in [3.63, 3.8) is 0 Å². The second-order valence-corrected chi connectivity index (χ2v) is 5.29. The first-order valence-corrected chi connectivity index (χ1v) is 5.69. The van der Waals surface area contributed by atoms with Crippen LogP contribution in [-0.2, 0) is 10.3 Å². The molecule has 0 amide bonds. The third-order valence-corrected chi connectivity index (χ3v) is 3.73. The standard InChI is InChI=1S/C10H16N2OS/c1-9(2)6-10(11-3,7-13-9)8-12-4-5-14-8/h4-5,11H,6-7H2,1-3H3. The van der Waals surface area contributed by atoms with Crippen LogP contribution in [0.3, 0.4) is 0 Å². The molecule has 1 saturated heterocycles. The summed E-state index contributed by atoms with van der Waals surface area (Å²) >= 11 is 1.69. The fourth-order valence-electron chi connectivity index (χ4n) is 2.01. The number of hydrogen-bond acceptors (Lipinski definition) is 4. The zero-order valence-electron chi connectivity index (χ0n) is 8.83. The van der Waals surface area contributed by atoms with Gasteiger partial charge in [0.2, 0.25) is 0 Å². The molecule has 1 aliphatic heterocycles. The minimum absolute atomic E-state index is 0.0469. The normalized spacial score (nSPS) is 30.8. The first-order valence-electron chi connectivity index (χ1n) is 4.81. The van der Waals surface area contributed by atoms with Crippen molar-refractivity contribution in [3.05, 3.63) is 16.6 Å². The molecule has 0 bridgehead atoms. The van der Waals surface area contributed by atoms with Crippen molar-refractivity contribution in [1.29, 1.82) is 0 Å². The van der Waals surface area contributed by atoms with Crippen LogP contribution in [0.5, 0.6) is 0 Å². The number of thiazole rings is 1. The summed E-state index contributed by atoms with van der Waals surface area (Å²) in [7, 11) is 1.98. The molecule has 14 heavy (non-hydrogen) atoms. The van der Waals surface area contributed by atoms with Crippen LogP contribution in [0.25, 0.3) is 0 Å². The van der Waals surface area contributed by atoms with E-state index in [0.29, 0.717) is 6.61 Å². The molecule has 1 fully saturated rings. The Labute approximate surface area is 88.5 Å². The lowest BCUT2D eigenvalue weighted by molar-refractivity contribution is 0.0332. The monoisotopic (exact) mass is 212 g/mol. The molecule has 4 heteroatoms. The Morgan fingerprint density at radius 3 is 2.79 bits per heavy atom. The van der Waals surface area contributed by atoms with Crippen LogP contribution in [0.2, 0.25) is 0 Å². The number of rotatable bonds is 2. The Bertz CT molecular complexity index is 310. The van der Waals surface area contributed by atoms with Crippen molar-refractivity contribution in [2.45, 2.75) is 31.4 Å². The molecule has 0 saturated carbocycles. The molecule has 0 aliphatic carbocycles. The van der Waals surface area contributed by atoms with E-state index in [4.69, 9.17) is 4.74 Å². The molecule has 2 heterocycles. The molecule has 1 aliphatic rings. The lowest BCUT2D eigenvalue weighted by Crippen LogP contribution is -2.41. The van der Waals surface area contributed by atoms with E-state index in [-0.39, 0.29) is 11.1 Å².